The van der Waals surface area contributed by atoms with Crippen LogP contribution in [-0.4, -0.2) is 6.54 Å². The zero-order valence-electron chi connectivity index (χ0n) is 10.2. The van der Waals surface area contributed by atoms with Crippen LogP contribution in [0.25, 0.3) is 0 Å². The van der Waals surface area contributed by atoms with Crippen LogP contribution in [0.3, 0.4) is 0 Å². The Hall–Kier alpha value is -0.410. The third kappa shape index (κ3) is 3.52. The quantitative estimate of drug-likeness (QED) is 0.819. The number of hydrogen-bond acceptors (Lipinski definition) is 1. The fourth-order valence-corrected chi connectivity index (χ4v) is 2.50. The highest BCUT2D eigenvalue weighted by Gasteiger charge is 2.27. The molecule has 0 radical (unpaired) electrons. The Balaban J connectivity index is 2.14. The molecular weight excluding hydrogens is 281 g/mol. The van der Waals surface area contributed by atoms with Gasteiger partial charge in [-0.15, -0.1) is 0 Å². The van der Waals surface area contributed by atoms with Crippen molar-refractivity contribution < 1.29 is 4.39 Å². The van der Waals surface area contributed by atoms with E-state index in [1.807, 2.05) is 12.1 Å². The highest BCUT2D eigenvalue weighted by Crippen LogP contribution is 2.38. The largest absolute Gasteiger partial charge is 0.310 e. The summed E-state index contributed by atoms with van der Waals surface area (Å²) in [5.74, 6) is 0.685. The Morgan fingerprint density at radius 3 is 2.88 bits per heavy atom. The second-order valence-electron chi connectivity index (χ2n) is 4.83. The van der Waals surface area contributed by atoms with Crippen LogP contribution in [-0.2, 0) is 0 Å². The van der Waals surface area contributed by atoms with Crippen molar-refractivity contribution in [1.82, 2.24) is 5.32 Å². The first kappa shape index (κ1) is 13.0. The fourth-order valence-electron chi connectivity index (χ4n) is 2.12. The molecule has 2 rings (SSSR count). The van der Waals surface area contributed by atoms with Gasteiger partial charge in [0.15, 0.2) is 0 Å². The lowest BCUT2D eigenvalue weighted by Gasteiger charge is -2.20. The predicted octanol–water partition coefficient (Wildman–Crippen LogP) is 4.43. The summed E-state index contributed by atoms with van der Waals surface area (Å²) in [6.45, 7) is 3.09. The Kier molecular flexibility index (Phi) is 4.57. The Labute approximate surface area is 111 Å². The van der Waals surface area contributed by atoms with Crippen LogP contribution < -0.4 is 5.32 Å². The number of rotatable bonds is 6. The monoisotopic (exact) mass is 299 g/mol. The van der Waals surface area contributed by atoms with E-state index in [2.05, 4.69) is 28.2 Å². The molecule has 1 N–H and O–H groups in total. The van der Waals surface area contributed by atoms with Crippen LogP contribution in [0, 0.1) is 11.7 Å². The topological polar surface area (TPSA) is 12.0 Å². The minimum Gasteiger partial charge on any atom is -0.310 e. The number of nitrogens with one attached hydrogen (secondary N) is 1. The molecule has 94 valence electrons. The van der Waals surface area contributed by atoms with Gasteiger partial charge in [0.2, 0.25) is 0 Å². The summed E-state index contributed by atoms with van der Waals surface area (Å²) in [5.41, 5.74) is 0.805. The van der Waals surface area contributed by atoms with E-state index in [-0.39, 0.29) is 11.9 Å². The maximum atomic E-state index is 14.1. The van der Waals surface area contributed by atoms with Crippen molar-refractivity contribution in [3.63, 3.8) is 0 Å². The second kappa shape index (κ2) is 5.96. The standard InChI is InChI=1S/C14H19BrFN/c1-2-8-17-13(9-10-6-7-10)11-4-3-5-12(15)14(11)16/h3-5,10,13,17H,2,6-9H2,1H3. The zero-order chi connectivity index (χ0) is 12.3. The van der Waals surface area contributed by atoms with Gasteiger partial charge in [-0.2, -0.15) is 0 Å². The Bertz CT molecular complexity index is 376. The molecule has 1 saturated carbocycles. The third-order valence-corrected chi connectivity index (χ3v) is 3.88. The molecule has 17 heavy (non-hydrogen) atoms. The third-order valence-electron chi connectivity index (χ3n) is 3.26. The van der Waals surface area contributed by atoms with Crippen LogP contribution in [0.15, 0.2) is 22.7 Å². The predicted molar refractivity (Wildman–Crippen MR) is 72.5 cm³/mol. The smallest absolute Gasteiger partial charge is 0.142 e. The fraction of sp³-hybridized carbons (Fsp3) is 0.571. The molecule has 1 unspecified atom stereocenters. The molecule has 1 aliphatic carbocycles. The first-order valence-corrected chi connectivity index (χ1v) is 7.19. The van der Waals surface area contributed by atoms with Gasteiger partial charge in [0.05, 0.1) is 4.47 Å². The molecule has 1 aromatic carbocycles. The summed E-state index contributed by atoms with van der Waals surface area (Å²) in [6.07, 6.45) is 4.75. The summed E-state index contributed by atoms with van der Waals surface area (Å²) in [7, 11) is 0. The van der Waals surface area contributed by atoms with Gasteiger partial charge in [-0.3, -0.25) is 0 Å². The average molecular weight is 300 g/mol. The highest BCUT2D eigenvalue weighted by atomic mass is 79.9. The summed E-state index contributed by atoms with van der Waals surface area (Å²) >= 11 is 3.26. The van der Waals surface area contributed by atoms with Gasteiger partial charge in [0.1, 0.15) is 5.82 Å². The Morgan fingerprint density at radius 2 is 2.24 bits per heavy atom. The number of hydrogen-bond donors (Lipinski definition) is 1. The minimum atomic E-state index is -0.109. The summed E-state index contributed by atoms with van der Waals surface area (Å²) in [6, 6.07) is 5.73. The lowest BCUT2D eigenvalue weighted by Crippen LogP contribution is -2.23. The molecule has 3 heteroatoms. The van der Waals surface area contributed by atoms with Crippen molar-refractivity contribution in [2.24, 2.45) is 5.92 Å². The van der Waals surface area contributed by atoms with Gasteiger partial charge in [-0.25, -0.2) is 4.39 Å². The minimum absolute atomic E-state index is 0.109. The van der Waals surface area contributed by atoms with E-state index in [1.54, 1.807) is 6.07 Å². The van der Waals surface area contributed by atoms with Gasteiger partial charge >= 0.3 is 0 Å². The molecule has 0 aromatic heterocycles. The van der Waals surface area contributed by atoms with Crippen molar-refractivity contribution in [1.29, 1.82) is 0 Å². The molecule has 0 aliphatic heterocycles. The van der Waals surface area contributed by atoms with Crippen LogP contribution in [0.5, 0.6) is 0 Å². The summed E-state index contributed by atoms with van der Waals surface area (Å²) in [5, 5.41) is 3.46. The molecule has 0 amide bonds. The van der Waals surface area contributed by atoms with Crippen molar-refractivity contribution in [2.45, 2.75) is 38.6 Å². The average Bonchev–Trinajstić information content (AvgIpc) is 3.12. The second-order valence-corrected chi connectivity index (χ2v) is 5.68. The van der Waals surface area contributed by atoms with Gasteiger partial charge in [-0.1, -0.05) is 31.9 Å². The lowest BCUT2D eigenvalue weighted by atomic mass is 10.0. The van der Waals surface area contributed by atoms with Gasteiger partial charge < -0.3 is 5.32 Å². The van der Waals surface area contributed by atoms with E-state index in [0.29, 0.717) is 4.47 Å². The first-order chi connectivity index (χ1) is 8.22. The van der Waals surface area contributed by atoms with Crippen LogP contribution in [0.1, 0.15) is 44.2 Å². The van der Waals surface area contributed by atoms with Gasteiger partial charge in [0.25, 0.3) is 0 Å². The van der Waals surface area contributed by atoms with E-state index in [9.17, 15) is 4.39 Å². The van der Waals surface area contributed by atoms with E-state index >= 15 is 0 Å². The normalized spacial score (nSPS) is 17.1. The Morgan fingerprint density at radius 1 is 1.47 bits per heavy atom. The maximum Gasteiger partial charge on any atom is 0.142 e. The van der Waals surface area contributed by atoms with Gasteiger partial charge in [0, 0.05) is 11.6 Å². The van der Waals surface area contributed by atoms with E-state index in [0.717, 1.165) is 30.9 Å². The van der Waals surface area contributed by atoms with Crippen LogP contribution in [0.2, 0.25) is 0 Å². The van der Waals surface area contributed by atoms with E-state index in [1.165, 1.54) is 12.8 Å². The number of halogens is 2. The van der Waals surface area contributed by atoms with E-state index in [4.69, 9.17) is 0 Å². The molecule has 0 saturated heterocycles. The molecule has 1 fully saturated rings. The van der Waals surface area contributed by atoms with Gasteiger partial charge in [-0.05, 0) is 47.3 Å². The molecule has 0 bridgehead atoms. The van der Waals surface area contributed by atoms with Crippen LogP contribution in [0.4, 0.5) is 4.39 Å². The maximum absolute atomic E-state index is 14.1. The van der Waals surface area contributed by atoms with Crippen molar-refractivity contribution in [2.75, 3.05) is 6.54 Å². The highest BCUT2D eigenvalue weighted by molar-refractivity contribution is 9.10. The van der Waals surface area contributed by atoms with Crippen molar-refractivity contribution >= 4 is 15.9 Å². The molecule has 1 atom stereocenters. The molecule has 1 nitrogen and oxygen atoms in total. The molecule has 0 heterocycles. The molecule has 0 spiro atoms. The first-order valence-electron chi connectivity index (χ1n) is 6.39. The number of benzene rings is 1. The molecule has 1 aromatic rings. The molecule has 1 aliphatic rings. The summed E-state index contributed by atoms with van der Waals surface area (Å²) < 4.78 is 14.6. The van der Waals surface area contributed by atoms with Crippen LogP contribution >= 0.6 is 15.9 Å². The van der Waals surface area contributed by atoms with E-state index < -0.39 is 0 Å². The molecular formula is C14H19BrFN. The SMILES string of the molecule is CCCNC(CC1CC1)c1cccc(Br)c1F. The zero-order valence-corrected chi connectivity index (χ0v) is 11.8. The lowest BCUT2D eigenvalue weighted by molar-refractivity contribution is 0.452. The summed E-state index contributed by atoms with van der Waals surface area (Å²) in [4.78, 5) is 0. The van der Waals surface area contributed by atoms with Crippen molar-refractivity contribution in [3.8, 4) is 0 Å². The van der Waals surface area contributed by atoms with Crippen molar-refractivity contribution in [3.05, 3.63) is 34.1 Å².